The van der Waals surface area contributed by atoms with Crippen molar-refractivity contribution in [1.29, 1.82) is 0 Å². The number of benzene rings is 1. The Bertz CT molecular complexity index is 716. The molecule has 0 spiro atoms. The third-order valence-corrected chi connectivity index (χ3v) is 4.60. The second kappa shape index (κ2) is 7.53. The van der Waals surface area contributed by atoms with E-state index in [4.69, 9.17) is 10.5 Å². The molecule has 24 heavy (non-hydrogen) atoms. The van der Waals surface area contributed by atoms with Crippen LogP contribution in [0.1, 0.15) is 19.8 Å². The summed E-state index contributed by atoms with van der Waals surface area (Å²) < 4.78 is 5.71. The number of amides is 1. The molecule has 2 aromatic rings. The molecule has 0 unspecified atom stereocenters. The van der Waals surface area contributed by atoms with E-state index in [1.165, 1.54) is 11.3 Å². The molecule has 0 radical (unpaired) electrons. The highest BCUT2D eigenvalue weighted by Crippen LogP contribution is 2.36. The van der Waals surface area contributed by atoms with Crippen LogP contribution in [0, 0.1) is 0 Å². The Labute approximate surface area is 145 Å². The van der Waals surface area contributed by atoms with Crippen LogP contribution in [0.2, 0.25) is 0 Å². The average Bonchev–Trinajstić information content (AvgIpc) is 3.01. The zero-order chi connectivity index (χ0) is 16.9. The molecular weight excluding hydrogens is 324 g/mol. The standard InChI is InChI=1S/C17H22N4O2S/c1-2-3-6-19-16(22)10-21-7-8-23-15-5-4-12(9-14(15)21)13-11-24-17(18)20-13/h4-5,9,11H,2-3,6-8,10H2,1H3,(H2,18,20)(H,19,22). The van der Waals surface area contributed by atoms with Crippen LogP contribution in [0.15, 0.2) is 23.6 Å². The van der Waals surface area contributed by atoms with E-state index in [0.717, 1.165) is 42.1 Å². The van der Waals surface area contributed by atoms with Crippen LogP contribution in [-0.4, -0.2) is 37.1 Å². The molecule has 1 amide bonds. The number of rotatable bonds is 6. The highest BCUT2D eigenvalue weighted by molar-refractivity contribution is 7.13. The third kappa shape index (κ3) is 3.79. The van der Waals surface area contributed by atoms with Gasteiger partial charge >= 0.3 is 0 Å². The van der Waals surface area contributed by atoms with Gasteiger partial charge in [-0.1, -0.05) is 13.3 Å². The van der Waals surface area contributed by atoms with Crippen LogP contribution in [0.3, 0.4) is 0 Å². The number of hydrogen-bond acceptors (Lipinski definition) is 6. The highest BCUT2D eigenvalue weighted by atomic mass is 32.1. The molecule has 1 aromatic heterocycles. The van der Waals surface area contributed by atoms with Gasteiger partial charge in [0, 0.05) is 17.5 Å². The van der Waals surface area contributed by atoms with E-state index >= 15 is 0 Å². The molecule has 0 atom stereocenters. The maximum atomic E-state index is 12.1. The summed E-state index contributed by atoms with van der Waals surface area (Å²) in [5.41, 5.74) is 8.47. The first-order valence-electron chi connectivity index (χ1n) is 8.17. The van der Waals surface area contributed by atoms with Crippen molar-refractivity contribution in [2.24, 2.45) is 0 Å². The van der Waals surface area contributed by atoms with E-state index in [9.17, 15) is 4.79 Å². The summed E-state index contributed by atoms with van der Waals surface area (Å²) in [5, 5.41) is 5.44. The first kappa shape index (κ1) is 16.6. The molecule has 1 aliphatic rings. The molecule has 128 valence electrons. The summed E-state index contributed by atoms with van der Waals surface area (Å²) in [6, 6.07) is 5.92. The fraction of sp³-hybridized carbons (Fsp3) is 0.412. The number of nitrogens with one attached hydrogen (secondary N) is 1. The van der Waals surface area contributed by atoms with E-state index in [1.54, 1.807) is 0 Å². The fourth-order valence-corrected chi connectivity index (χ4v) is 3.22. The molecule has 3 rings (SSSR count). The summed E-state index contributed by atoms with van der Waals surface area (Å²) in [6.45, 7) is 4.44. The van der Waals surface area contributed by atoms with Crippen LogP contribution >= 0.6 is 11.3 Å². The Kier molecular flexibility index (Phi) is 5.20. The molecule has 6 nitrogen and oxygen atoms in total. The van der Waals surface area contributed by atoms with Gasteiger partial charge < -0.3 is 20.7 Å². The molecule has 1 aliphatic heterocycles. The Balaban J connectivity index is 1.77. The fourth-order valence-electron chi connectivity index (χ4n) is 2.65. The maximum Gasteiger partial charge on any atom is 0.239 e. The van der Waals surface area contributed by atoms with Crippen LogP contribution in [0.4, 0.5) is 10.8 Å². The second-order valence-corrected chi connectivity index (χ2v) is 6.62. The Morgan fingerprint density at radius 2 is 2.38 bits per heavy atom. The summed E-state index contributed by atoms with van der Waals surface area (Å²) in [7, 11) is 0. The Morgan fingerprint density at radius 1 is 1.50 bits per heavy atom. The van der Waals surface area contributed by atoms with E-state index in [0.29, 0.717) is 24.8 Å². The van der Waals surface area contributed by atoms with E-state index in [2.05, 4.69) is 22.1 Å². The lowest BCUT2D eigenvalue weighted by atomic mass is 10.1. The number of ether oxygens (including phenoxy) is 1. The topological polar surface area (TPSA) is 80.5 Å². The number of anilines is 2. The minimum absolute atomic E-state index is 0.0413. The summed E-state index contributed by atoms with van der Waals surface area (Å²) in [5.74, 6) is 0.842. The first-order valence-corrected chi connectivity index (χ1v) is 9.05. The van der Waals surface area contributed by atoms with Gasteiger partial charge in [0.2, 0.25) is 5.91 Å². The number of nitrogens with zero attached hydrogens (tertiary/aromatic N) is 2. The van der Waals surface area contributed by atoms with Gasteiger partial charge in [0.15, 0.2) is 5.13 Å². The normalized spacial score (nSPS) is 13.3. The number of nitrogens with two attached hydrogens (primary N) is 1. The monoisotopic (exact) mass is 346 g/mol. The number of carbonyl (C=O) groups excluding carboxylic acids is 1. The number of nitrogen functional groups attached to an aromatic ring is 1. The lowest BCUT2D eigenvalue weighted by molar-refractivity contribution is -0.119. The van der Waals surface area contributed by atoms with Gasteiger partial charge in [-0.15, -0.1) is 11.3 Å². The average molecular weight is 346 g/mol. The van der Waals surface area contributed by atoms with Crippen molar-refractivity contribution in [2.75, 3.05) is 36.9 Å². The molecule has 2 heterocycles. The molecule has 7 heteroatoms. The minimum Gasteiger partial charge on any atom is -0.490 e. The van der Waals surface area contributed by atoms with Crippen molar-refractivity contribution in [1.82, 2.24) is 10.3 Å². The van der Waals surface area contributed by atoms with Gasteiger partial charge in [0.05, 0.1) is 24.5 Å². The first-order chi connectivity index (χ1) is 11.7. The van der Waals surface area contributed by atoms with Gasteiger partial charge in [0.1, 0.15) is 12.4 Å². The van der Waals surface area contributed by atoms with E-state index < -0.39 is 0 Å². The SMILES string of the molecule is CCCCNC(=O)CN1CCOc2ccc(-c3csc(N)n3)cc21. The second-order valence-electron chi connectivity index (χ2n) is 5.73. The summed E-state index contributed by atoms with van der Waals surface area (Å²) in [6.07, 6.45) is 2.07. The largest absolute Gasteiger partial charge is 0.490 e. The van der Waals surface area contributed by atoms with Crippen molar-refractivity contribution < 1.29 is 9.53 Å². The minimum atomic E-state index is 0.0413. The number of carbonyl (C=O) groups is 1. The highest BCUT2D eigenvalue weighted by Gasteiger charge is 2.21. The van der Waals surface area contributed by atoms with Crippen molar-refractivity contribution in [3.63, 3.8) is 0 Å². The maximum absolute atomic E-state index is 12.1. The Hall–Kier alpha value is -2.28. The van der Waals surface area contributed by atoms with Crippen LogP contribution in [-0.2, 0) is 4.79 Å². The number of hydrogen-bond donors (Lipinski definition) is 2. The van der Waals surface area contributed by atoms with Gasteiger partial charge in [-0.3, -0.25) is 4.79 Å². The molecule has 0 fully saturated rings. The molecule has 0 saturated carbocycles. The lowest BCUT2D eigenvalue weighted by Crippen LogP contribution is -2.41. The van der Waals surface area contributed by atoms with E-state index in [1.807, 2.05) is 23.6 Å². The van der Waals surface area contributed by atoms with E-state index in [-0.39, 0.29) is 5.91 Å². The van der Waals surface area contributed by atoms with Gasteiger partial charge in [0.25, 0.3) is 0 Å². The number of unbranched alkanes of at least 4 members (excludes halogenated alkanes) is 1. The molecule has 3 N–H and O–H groups in total. The van der Waals surface area contributed by atoms with Crippen molar-refractivity contribution in [2.45, 2.75) is 19.8 Å². The Morgan fingerprint density at radius 3 is 3.12 bits per heavy atom. The van der Waals surface area contributed by atoms with Crippen molar-refractivity contribution in [3.8, 4) is 17.0 Å². The van der Waals surface area contributed by atoms with Crippen molar-refractivity contribution in [3.05, 3.63) is 23.6 Å². The molecular formula is C17H22N4O2S. The number of aromatic nitrogens is 1. The van der Waals surface area contributed by atoms with Gasteiger partial charge in [-0.2, -0.15) is 0 Å². The van der Waals surface area contributed by atoms with Crippen LogP contribution < -0.4 is 20.7 Å². The molecule has 1 aromatic carbocycles. The summed E-state index contributed by atoms with van der Waals surface area (Å²) in [4.78, 5) is 18.5. The third-order valence-electron chi connectivity index (χ3n) is 3.92. The van der Waals surface area contributed by atoms with Crippen molar-refractivity contribution >= 4 is 28.1 Å². The lowest BCUT2D eigenvalue weighted by Gasteiger charge is -2.31. The van der Waals surface area contributed by atoms with Crippen LogP contribution in [0.25, 0.3) is 11.3 Å². The predicted octanol–water partition coefficient (Wildman–Crippen LogP) is 2.51. The number of fused-ring (bicyclic) bond motifs is 1. The summed E-state index contributed by atoms with van der Waals surface area (Å²) >= 11 is 1.42. The quantitative estimate of drug-likeness (QED) is 0.786. The zero-order valence-electron chi connectivity index (χ0n) is 13.7. The van der Waals surface area contributed by atoms with Gasteiger partial charge in [-0.25, -0.2) is 4.98 Å². The molecule has 0 bridgehead atoms. The smallest absolute Gasteiger partial charge is 0.239 e. The predicted molar refractivity (Wildman–Crippen MR) is 97.6 cm³/mol. The zero-order valence-corrected chi connectivity index (χ0v) is 14.6. The molecule has 0 saturated heterocycles. The van der Waals surface area contributed by atoms with Crippen LogP contribution in [0.5, 0.6) is 5.75 Å². The number of thiazole rings is 1. The van der Waals surface area contributed by atoms with Gasteiger partial charge in [-0.05, 0) is 24.6 Å². The molecule has 0 aliphatic carbocycles.